The quantitative estimate of drug-likeness (QED) is 0.0678. The van der Waals surface area contributed by atoms with Crippen molar-refractivity contribution in [3.05, 3.63) is 132 Å². The third-order valence-corrected chi connectivity index (χ3v) is 11.4. The summed E-state index contributed by atoms with van der Waals surface area (Å²) in [4.78, 5) is 16.7. The van der Waals surface area contributed by atoms with Crippen LogP contribution < -0.4 is 21.1 Å². The van der Waals surface area contributed by atoms with Gasteiger partial charge in [-0.3, -0.25) is 9.78 Å². The van der Waals surface area contributed by atoms with Crippen LogP contribution in [0.4, 0.5) is 0 Å². The van der Waals surface area contributed by atoms with Crippen LogP contribution in [0.1, 0.15) is 90.8 Å². The van der Waals surface area contributed by atoms with E-state index in [9.17, 15) is 9.90 Å². The summed E-state index contributed by atoms with van der Waals surface area (Å²) in [6.07, 6.45) is 6.81. The fourth-order valence-electron chi connectivity index (χ4n) is 8.19. The Bertz CT molecular complexity index is 2350. The molecule has 2 heterocycles. The molecule has 0 unspecified atom stereocenters. The number of hydrogen-bond donors (Lipinski definition) is 1. The zero-order valence-electron chi connectivity index (χ0n) is 34.4. The largest absolute Gasteiger partial charge is 0.512 e. The fraction of sp³-hybridized carbons (Fsp3) is 0.320. The zero-order valence-corrected chi connectivity index (χ0v) is 36.8. The van der Waals surface area contributed by atoms with Crippen LogP contribution in [0.2, 0.25) is 0 Å². The molecule has 1 aromatic heterocycles. The van der Waals surface area contributed by atoms with Gasteiger partial charge in [-0.05, 0) is 84.8 Å². The number of nitrogens with zero attached hydrogens (tertiary/aromatic N) is 1. The smallest absolute Gasteiger partial charge is 0.251 e. The number of aromatic nitrogens is 1. The van der Waals surface area contributed by atoms with Crippen molar-refractivity contribution in [1.82, 2.24) is 4.98 Å². The van der Waals surface area contributed by atoms with Gasteiger partial charge in [0.05, 0.1) is 5.76 Å². The van der Waals surface area contributed by atoms with E-state index in [-0.39, 0.29) is 55.6 Å². The van der Waals surface area contributed by atoms with Crippen LogP contribution in [0.25, 0.3) is 32.8 Å². The van der Waals surface area contributed by atoms with Crippen molar-refractivity contribution < 1.29 is 34.7 Å². The summed E-state index contributed by atoms with van der Waals surface area (Å²) in [5.41, 5.74) is 9.56. The molecular weight excluding hydrogens is 866 g/mol. The van der Waals surface area contributed by atoms with Gasteiger partial charge in [-0.15, -0.1) is 29.1 Å². The van der Waals surface area contributed by atoms with E-state index in [4.69, 9.17) is 9.72 Å². The molecule has 6 heteroatoms. The molecule has 291 valence electrons. The molecule has 56 heavy (non-hydrogen) atoms. The van der Waals surface area contributed by atoms with E-state index in [1.165, 1.54) is 44.5 Å². The minimum Gasteiger partial charge on any atom is -0.512 e. The second-order valence-corrected chi connectivity index (χ2v) is 16.0. The summed E-state index contributed by atoms with van der Waals surface area (Å²) in [6.45, 7) is 19.4. The maximum atomic E-state index is 11.7. The third kappa shape index (κ3) is 8.73. The molecule has 0 amide bonds. The molecule has 1 N–H and O–H groups in total. The molecule has 0 spiro atoms. The number of hydrogen-bond acceptors (Lipinski definition) is 4. The molecule has 0 aliphatic carbocycles. The summed E-state index contributed by atoms with van der Waals surface area (Å²) in [5.74, 6) is 2.38. The third-order valence-electron chi connectivity index (χ3n) is 11.4. The zero-order chi connectivity index (χ0) is 39.4. The van der Waals surface area contributed by atoms with Crippen molar-refractivity contribution in [2.45, 2.75) is 93.4 Å². The van der Waals surface area contributed by atoms with Gasteiger partial charge in [0.1, 0.15) is 11.5 Å². The van der Waals surface area contributed by atoms with Crippen molar-refractivity contribution in [1.29, 1.82) is 0 Å². The fourth-order valence-corrected chi connectivity index (χ4v) is 8.19. The molecule has 1 aliphatic heterocycles. The van der Waals surface area contributed by atoms with Gasteiger partial charge in [-0.2, -0.15) is 0 Å². The molecule has 5 aromatic carbocycles. The first kappa shape index (κ1) is 42.6. The van der Waals surface area contributed by atoms with Gasteiger partial charge in [0.25, 0.3) is 6.71 Å². The van der Waals surface area contributed by atoms with Crippen LogP contribution in [0.5, 0.6) is 11.5 Å². The summed E-state index contributed by atoms with van der Waals surface area (Å²) >= 11 is 0. The Hall–Kier alpha value is -4.51. The predicted octanol–water partition coefficient (Wildman–Crippen LogP) is 11.3. The Labute approximate surface area is 348 Å². The van der Waals surface area contributed by atoms with Gasteiger partial charge in [0.2, 0.25) is 0 Å². The Kier molecular flexibility index (Phi) is 13.8. The second-order valence-electron chi connectivity index (χ2n) is 16.0. The molecule has 0 saturated carbocycles. The summed E-state index contributed by atoms with van der Waals surface area (Å²) in [6, 6.07) is 36.2. The van der Waals surface area contributed by atoms with E-state index in [0.717, 1.165) is 64.6 Å². The van der Waals surface area contributed by atoms with Gasteiger partial charge in [0.15, 0.2) is 5.78 Å². The molecule has 0 saturated heterocycles. The van der Waals surface area contributed by atoms with Crippen LogP contribution in [0.3, 0.4) is 0 Å². The Balaban J connectivity index is 0.000000322. The second kappa shape index (κ2) is 18.2. The molecule has 0 atom stereocenters. The van der Waals surface area contributed by atoms with E-state index < -0.39 is 0 Å². The number of fused-ring (bicyclic) bond motifs is 4. The maximum absolute atomic E-state index is 11.7. The van der Waals surface area contributed by atoms with Crippen molar-refractivity contribution in [3.8, 4) is 22.8 Å². The minimum absolute atomic E-state index is 0. The summed E-state index contributed by atoms with van der Waals surface area (Å²) in [7, 11) is 0. The Morgan fingerprint density at radius 2 is 1.43 bits per heavy atom. The summed E-state index contributed by atoms with van der Waals surface area (Å²) < 4.78 is 6.56. The molecule has 7 rings (SSSR count). The summed E-state index contributed by atoms with van der Waals surface area (Å²) in [5, 5.41) is 14.4. The molecule has 0 fully saturated rings. The van der Waals surface area contributed by atoms with Crippen molar-refractivity contribution in [3.63, 3.8) is 0 Å². The van der Waals surface area contributed by atoms with Gasteiger partial charge in [-0.25, -0.2) is 0 Å². The van der Waals surface area contributed by atoms with Gasteiger partial charge < -0.3 is 9.84 Å². The van der Waals surface area contributed by atoms with E-state index >= 15 is 0 Å². The SMILES string of the molecule is CCC(CC)C(=O)/C=C(\O)C(CC)CC.Cc1cccc(C)c1B1c2ccccc2Oc2cc3ccnc(-c4[c-]c5ccccc5c(C(C)(C)C)c4)c3cc21.[Ir]. The normalized spacial score (nSPS) is 12.5. The first-order chi connectivity index (χ1) is 26.4. The number of carbonyl (C=O) groups is 1. The maximum Gasteiger partial charge on any atom is 0.251 e. The van der Waals surface area contributed by atoms with E-state index in [0.29, 0.717) is 0 Å². The number of ketones is 1. The van der Waals surface area contributed by atoms with E-state index in [2.05, 4.69) is 132 Å². The van der Waals surface area contributed by atoms with Crippen LogP contribution in [0.15, 0.2) is 109 Å². The topological polar surface area (TPSA) is 59.4 Å². The molecule has 6 aromatic rings. The molecule has 1 radical (unpaired) electrons. The van der Waals surface area contributed by atoms with Crippen LogP contribution in [-0.4, -0.2) is 22.6 Å². The Morgan fingerprint density at radius 1 is 0.786 bits per heavy atom. The van der Waals surface area contributed by atoms with Crippen molar-refractivity contribution in [2.75, 3.05) is 0 Å². The standard InChI is InChI=1S/C37H31BNO.C13H24O2.Ir/c1-23-11-10-12-24(2)35(23)38-31-15-8-9-16-33(31)40-34-21-26-17-18-39-36(29(26)22-32(34)38)27-19-25-13-6-7-14-28(25)30(20-27)37(3,4)5;1-5-10(6-2)12(14)9-13(15)11(7-3)8-4;/h6-18,20-22H,1-5H3;9-11,14H,5-8H2,1-4H3;/q-1;;/b;12-9-;. The molecule has 4 nitrogen and oxygen atoms in total. The van der Waals surface area contributed by atoms with Crippen LogP contribution in [-0.2, 0) is 30.3 Å². The number of aliphatic hydroxyl groups excluding tert-OH is 1. The predicted molar refractivity (Wildman–Crippen MR) is 233 cm³/mol. The van der Waals surface area contributed by atoms with Crippen LogP contribution in [0, 0.1) is 31.7 Å². The molecular formula is C50H55BIrNO3-. The van der Waals surface area contributed by atoms with Crippen molar-refractivity contribution >= 4 is 50.4 Å². The van der Waals surface area contributed by atoms with Crippen LogP contribution >= 0.6 is 0 Å². The average Bonchev–Trinajstić information content (AvgIpc) is 3.17. The first-order valence-corrected chi connectivity index (χ1v) is 20.1. The van der Waals surface area contributed by atoms with E-state index in [1.54, 1.807) is 0 Å². The van der Waals surface area contributed by atoms with E-state index in [1.807, 2.05) is 33.9 Å². The average molecular weight is 921 g/mol. The number of carbonyl (C=O) groups excluding carboxylic acids is 1. The minimum atomic E-state index is -0.0157. The molecule has 1 aliphatic rings. The number of rotatable bonds is 9. The number of allylic oxidation sites excluding steroid dienone is 2. The van der Waals surface area contributed by atoms with Gasteiger partial charge >= 0.3 is 0 Å². The van der Waals surface area contributed by atoms with Gasteiger partial charge in [0, 0.05) is 49.9 Å². The van der Waals surface area contributed by atoms with Crippen molar-refractivity contribution in [2.24, 2.45) is 11.8 Å². The first-order valence-electron chi connectivity index (χ1n) is 20.1. The molecule has 0 bridgehead atoms. The number of benzene rings is 5. The Morgan fingerprint density at radius 3 is 2.09 bits per heavy atom. The number of aliphatic hydroxyl groups is 1. The number of pyridine rings is 1. The number of ether oxygens (including phenoxy) is 1. The number of aryl methyl sites for hydroxylation is 2. The van der Waals surface area contributed by atoms with Gasteiger partial charge in [-0.1, -0.05) is 137 Å². The monoisotopic (exact) mass is 921 g/mol. The number of para-hydroxylation sites is 1.